The van der Waals surface area contributed by atoms with Gasteiger partial charge in [-0.2, -0.15) is 13.2 Å². The lowest BCUT2D eigenvalue weighted by Crippen LogP contribution is -2.14. The van der Waals surface area contributed by atoms with Gasteiger partial charge in [0.15, 0.2) is 11.6 Å². The first kappa shape index (κ1) is 14.8. The van der Waals surface area contributed by atoms with Crippen LogP contribution in [0.3, 0.4) is 0 Å². The fourth-order valence-electron chi connectivity index (χ4n) is 1.64. The second-order valence-corrected chi connectivity index (χ2v) is 4.08. The summed E-state index contributed by atoms with van der Waals surface area (Å²) in [6.07, 6.45) is -2.97. The number of anilines is 1. The topological polar surface area (TPSA) is 51.2 Å². The van der Waals surface area contributed by atoms with Crippen LogP contribution in [0.1, 0.15) is 15.9 Å². The highest BCUT2D eigenvalue weighted by Crippen LogP contribution is 2.29. The van der Waals surface area contributed by atoms with E-state index in [4.69, 9.17) is 4.74 Å². The van der Waals surface area contributed by atoms with Gasteiger partial charge in [-0.1, -0.05) is 0 Å². The number of halogens is 3. The molecule has 0 aliphatic rings. The lowest BCUT2D eigenvalue weighted by molar-refractivity contribution is -0.137. The number of rotatable bonds is 3. The van der Waals surface area contributed by atoms with E-state index in [0.717, 1.165) is 24.3 Å². The van der Waals surface area contributed by atoms with E-state index in [1.54, 1.807) is 12.1 Å². The van der Waals surface area contributed by atoms with E-state index >= 15 is 0 Å². The van der Waals surface area contributed by atoms with Gasteiger partial charge in [-0.15, -0.1) is 0 Å². The molecule has 1 amide bonds. The summed E-state index contributed by atoms with van der Waals surface area (Å²) in [5, 5.41) is 2.48. The minimum atomic E-state index is -4.43. The third-order valence-electron chi connectivity index (χ3n) is 2.70. The average molecular weight is 296 g/mol. The van der Waals surface area contributed by atoms with Crippen molar-refractivity contribution in [2.45, 2.75) is 6.18 Å². The van der Waals surface area contributed by atoms with Crippen molar-refractivity contribution in [3.63, 3.8) is 0 Å². The molecule has 0 atom stereocenters. The van der Waals surface area contributed by atoms with Crippen molar-refractivity contribution in [2.24, 2.45) is 0 Å². The maximum atomic E-state index is 12.4. The van der Waals surface area contributed by atoms with Crippen LogP contribution in [0.25, 0.3) is 0 Å². The highest BCUT2D eigenvalue weighted by molar-refractivity contribution is 6.04. The Balaban J connectivity index is 2.17. The van der Waals surface area contributed by atoms with Gasteiger partial charge in [0.05, 0.1) is 12.7 Å². The molecular weight excluding hydrogens is 285 g/mol. The molecule has 2 aromatic rings. The van der Waals surface area contributed by atoms with Crippen LogP contribution in [-0.2, 0) is 6.18 Å². The van der Waals surface area contributed by atoms with Crippen molar-refractivity contribution in [2.75, 3.05) is 12.4 Å². The van der Waals surface area contributed by atoms with Crippen LogP contribution in [-0.4, -0.2) is 18.0 Å². The number of alkyl halides is 3. The number of carbonyl (C=O) groups excluding carboxylic acids is 1. The Bertz CT molecular complexity index is 639. The number of amides is 1. The number of nitrogens with zero attached hydrogens (tertiary/aromatic N) is 1. The van der Waals surface area contributed by atoms with Gasteiger partial charge < -0.3 is 10.1 Å². The van der Waals surface area contributed by atoms with Gasteiger partial charge in [0.1, 0.15) is 0 Å². The molecule has 0 spiro atoms. The van der Waals surface area contributed by atoms with Gasteiger partial charge >= 0.3 is 6.18 Å². The fraction of sp³-hybridized carbons (Fsp3) is 0.143. The number of hydrogen-bond donors (Lipinski definition) is 1. The zero-order valence-corrected chi connectivity index (χ0v) is 10.9. The lowest BCUT2D eigenvalue weighted by Gasteiger charge is -2.10. The standard InChI is InChI=1S/C14H11F3N2O2/c1-21-11-3-2-8-18-12(11)19-13(20)9-4-6-10(7-5-9)14(15,16)17/h2-8H,1H3,(H,18,19,20). The molecule has 0 saturated carbocycles. The maximum Gasteiger partial charge on any atom is 0.416 e. The monoisotopic (exact) mass is 296 g/mol. The van der Waals surface area contributed by atoms with E-state index in [-0.39, 0.29) is 11.4 Å². The Labute approximate surface area is 118 Å². The summed E-state index contributed by atoms with van der Waals surface area (Å²) in [5.41, 5.74) is -0.717. The first-order chi connectivity index (χ1) is 9.91. The molecule has 0 unspecified atom stereocenters. The van der Waals surface area contributed by atoms with E-state index in [2.05, 4.69) is 10.3 Å². The molecule has 0 saturated heterocycles. The van der Waals surface area contributed by atoms with Crippen molar-refractivity contribution in [3.8, 4) is 5.75 Å². The molecule has 1 aromatic heterocycles. The highest BCUT2D eigenvalue weighted by atomic mass is 19.4. The molecule has 110 valence electrons. The molecule has 7 heteroatoms. The Kier molecular flexibility index (Phi) is 4.11. The summed E-state index contributed by atoms with van der Waals surface area (Å²) < 4.78 is 42.3. The second-order valence-electron chi connectivity index (χ2n) is 4.08. The number of hydrogen-bond acceptors (Lipinski definition) is 3. The summed E-state index contributed by atoms with van der Waals surface area (Å²) in [7, 11) is 1.42. The summed E-state index contributed by atoms with van der Waals surface area (Å²) in [4.78, 5) is 15.9. The summed E-state index contributed by atoms with van der Waals surface area (Å²) in [6.45, 7) is 0. The summed E-state index contributed by atoms with van der Waals surface area (Å²) >= 11 is 0. The van der Waals surface area contributed by atoms with Gasteiger partial charge in [-0.3, -0.25) is 4.79 Å². The molecule has 0 radical (unpaired) electrons. The smallest absolute Gasteiger partial charge is 0.416 e. The predicted molar refractivity (Wildman–Crippen MR) is 70.2 cm³/mol. The third-order valence-corrected chi connectivity index (χ3v) is 2.70. The van der Waals surface area contributed by atoms with Gasteiger partial charge in [0, 0.05) is 11.8 Å². The van der Waals surface area contributed by atoms with Crippen molar-refractivity contribution in [3.05, 3.63) is 53.7 Å². The van der Waals surface area contributed by atoms with Gasteiger partial charge in [0.25, 0.3) is 5.91 Å². The Hall–Kier alpha value is -2.57. The maximum absolute atomic E-state index is 12.4. The minimum absolute atomic E-state index is 0.0932. The summed E-state index contributed by atoms with van der Waals surface area (Å²) in [6, 6.07) is 7.15. The van der Waals surface area contributed by atoms with Gasteiger partial charge in [-0.25, -0.2) is 4.98 Å². The van der Waals surface area contributed by atoms with Crippen LogP contribution in [0, 0.1) is 0 Å². The number of carbonyl (C=O) groups is 1. The first-order valence-electron chi connectivity index (χ1n) is 5.89. The number of ether oxygens (including phenoxy) is 1. The molecule has 0 aliphatic carbocycles. The van der Waals surface area contributed by atoms with E-state index < -0.39 is 17.6 Å². The van der Waals surface area contributed by atoms with Crippen LogP contribution in [0.15, 0.2) is 42.6 Å². The first-order valence-corrected chi connectivity index (χ1v) is 5.89. The molecule has 1 aromatic carbocycles. The molecule has 0 fully saturated rings. The normalized spacial score (nSPS) is 11.0. The van der Waals surface area contributed by atoms with Crippen molar-refractivity contribution in [1.29, 1.82) is 0 Å². The Morgan fingerprint density at radius 3 is 2.43 bits per heavy atom. The molecule has 21 heavy (non-hydrogen) atoms. The molecule has 0 aliphatic heterocycles. The Morgan fingerprint density at radius 2 is 1.86 bits per heavy atom. The number of nitrogens with one attached hydrogen (secondary N) is 1. The molecule has 1 heterocycles. The second kappa shape index (κ2) is 5.82. The van der Waals surface area contributed by atoms with Gasteiger partial charge in [0.2, 0.25) is 0 Å². The lowest BCUT2D eigenvalue weighted by atomic mass is 10.1. The van der Waals surface area contributed by atoms with Crippen LogP contribution < -0.4 is 10.1 Å². The van der Waals surface area contributed by atoms with Gasteiger partial charge in [-0.05, 0) is 36.4 Å². The molecular formula is C14H11F3N2O2. The Morgan fingerprint density at radius 1 is 1.19 bits per heavy atom. The minimum Gasteiger partial charge on any atom is -0.493 e. The third kappa shape index (κ3) is 3.50. The van der Waals surface area contributed by atoms with E-state index in [0.29, 0.717) is 5.75 Å². The van der Waals surface area contributed by atoms with E-state index in [1.807, 2.05) is 0 Å². The number of benzene rings is 1. The molecule has 2 rings (SSSR count). The average Bonchev–Trinajstić information content (AvgIpc) is 2.47. The summed E-state index contributed by atoms with van der Waals surface area (Å²) in [5.74, 6) is -0.0108. The zero-order chi connectivity index (χ0) is 15.5. The number of aromatic nitrogens is 1. The SMILES string of the molecule is COc1cccnc1NC(=O)c1ccc(C(F)(F)F)cc1. The zero-order valence-electron chi connectivity index (χ0n) is 10.9. The van der Waals surface area contributed by atoms with E-state index in [9.17, 15) is 18.0 Å². The van der Waals surface area contributed by atoms with Crippen molar-refractivity contribution in [1.82, 2.24) is 4.98 Å². The number of pyridine rings is 1. The largest absolute Gasteiger partial charge is 0.493 e. The van der Waals surface area contributed by atoms with Crippen LogP contribution >= 0.6 is 0 Å². The van der Waals surface area contributed by atoms with Crippen molar-refractivity contribution < 1.29 is 22.7 Å². The van der Waals surface area contributed by atoms with Crippen LogP contribution in [0.5, 0.6) is 5.75 Å². The highest BCUT2D eigenvalue weighted by Gasteiger charge is 2.30. The van der Waals surface area contributed by atoms with Crippen LogP contribution in [0.2, 0.25) is 0 Å². The quantitative estimate of drug-likeness (QED) is 0.945. The predicted octanol–water partition coefficient (Wildman–Crippen LogP) is 3.36. The molecule has 1 N–H and O–H groups in total. The molecule has 0 bridgehead atoms. The molecule has 4 nitrogen and oxygen atoms in total. The fourth-order valence-corrected chi connectivity index (χ4v) is 1.64. The van der Waals surface area contributed by atoms with E-state index in [1.165, 1.54) is 13.3 Å². The van der Waals surface area contributed by atoms with Crippen LogP contribution in [0.4, 0.5) is 19.0 Å². The number of methoxy groups -OCH3 is 1. The van der Waals surface area contributed by atoms with Crippen molar-refractivity contribution >= 4 is 11.7 Å².